The van der Waals surface area contributed by atoms with Crippen LogP contribution in [0.3, 0.4) is 0 Å². The summed E-state index contributed by atoms with van der Waals surface area (Å²) in [4.78, 5) is 7.94. The maximum atomic E-state index is 13.2. The first-order valence-corrected chi connectivity index (χ1v) is 4.88. The van der Waals surface area contributed by atoms with Crippen LogP contribution in [0.15, 0.2) is 6.20 Å². The van der Waals surface area contributed by atoms with Crippen LogP contribution in [-0.4, -0.2) is 16.5 Å². The van der Waals surface area contributed by atoms with E-state index in [1.807, 2.05) is 20.8 Å². The first-order valence-electron chi connectivity index (χ1n) is 4.88. The predicted octanol–water partition coefficient (Wildman–Crippen LogP) is 2.25. The average molecular weight is 197 g/mol. The molecule has 0 aliphatic heterocycles. The number of aromatic nitrogens is 2. The number of anilines is 1. The number of nitrogens with one attached hydrogen (secondary N) is 1. The maximum Gasteiger partial charge on any atom is 0.223 e. The smallest absolute Gasteiger partial charge is 0.223 e. The number of hydrogen-bond acceptors (Lipinski definition) is 3. The molecule has 0 aliphatic carbocycles. The van der Waals surface area contributed by atoms with E-state index in [4.69, 9.17) is 0 Å². The van der Waals surface area contributed by atoms with Crippen LogP contribution in [0.25, 0.3) is 0 Å². The fraction of sp³-hybridized carbons (Fsp3) is 0.600. The van der Waals surface area contributed by atoms with Gasteiger partial charge in [-0.15, -0.1) is 0 Å². The van der Waals surface area contributed by atoms with Crippen molar-refractivity contribution in [3.63, 3.8) is 0 Å². The second kappa shape index (κ2) is 4.88. The van der Waals surface area contributed by atoms with Crippen LogP contribution in [0.1, 0.15) is 26.5 Å². The minimum absolute atomic E-state index is 0.319. The normalized spacial score (nSPS) is 10.6. The van der Waals surface area contributed by atoms with E-state index in [-0.39, 0.29) is 5.82 Å². The molecule has 3 nitrogen and oxygen atoms in total. The molecule has 1 aromatic heterocycles. The van der Waals surface area contributed by atoms with Crippen molar-refractivity contribution in [2.45, 2.75) is 27.2 Å². The highest BCUT2D eigenvalue weighted by Gasteiger charge is 2.08. The van der Waals surface area contributed by atoms with Gasteiger partial charge in [0.25, 0.3) is 0 Å². The average Bonchev–Trinajstić information content (AvgIpc) is 2.10. The molecule has 0 bridgehead atoms. The third-order valence-corrected chi connectivity index (χ3v) is 1.75. The van der Waals surface area contributed by atoms with E-state index in [1.165, 1.54) is 6.20 Å². The first kappa shape index (κ1) is 10.9. The molecule has 0 saturated carbocycles. The maximum absolute atomic E-state index is 13.2. The monoisotopic (exact) mass is 197 g/mol. The number of rotatable bonds is 4. The second-order valence-electron chi connectivity index (χ2n) is 3.62. The predicted molar refractivity (Wildman–Crippen MR) is 54.7 cm³/mol. The van der Waals surface area contributed by atoms with Crippen LogP contribution in [0.5, 0.6) is 0 Å². The largest absolute Gasteiger partial charge is 0.354 e. The third kappa shape index (κ3) is 2.94. The lowest BCUT2D eigenvalue weighted by Gasteiger charge is -2.07. The van der Waals surface area contributed by atoms with Gasteiger partial charge in [0.1, 0.15) is 0 Å². The Labute approximate surface area is 83.8 Å². The summed E-state index contributed by atoms with van der Waals surface area (Å²) in [7, 11) is 0. The van der Waals surface area contributed by atoms with Gasteiger partial charge >= 0.3 is 0 Å². The van der Waals surface area contributed by atoms with Gasteiger partial charge in [-0.3, -0.25) is 0 Å². The Morgan fingerprint density at radius 2 is 2.21 bits per heavy atom. The molecule has 78 valence electrons. The Morgan fingerprint density at radius 3 is 2.79 bits per heavy atom. The van der Waals surface area contributed by atoms with Gasteiger partial charge in [-0.25, -0.2) is 14.4 Å². The van der Waals surface area contributed by atoms with Crippen molar-refractivity contribution in [3.05, 3.63) is 17.7 Å². The van der Waals surface area contributed by atoms with Crippen LogP contribution in [0.2, 0.25) is 0 Å². The first-order chi connectivity index (χ1) is 6.63. The van der Waals surface area contributed by atoms with Crippen molar-refractivity contribution < 1.29 is 4.39 Å². The van der Waals surface area contributed by atoms with E-state index in [9.17, 15) is 4.39 Å². The van der Waals surface area contributed by atoms with Crippen LogP contribution in [-0.2, 0) is 6.42 Å². The molecular formula is C10H16FN3. The summed E-state index contributed by atoms with van der Waals surface area (Å²) in [6, 6.07) is 0. The van der Waals surface area contributed by atoms with E-state index in [1.54, 1.807) is 0 Å². The second-order valence-corrected chi connectivity index (χ2v) is 3.62. The Hall–Kier alpha value is -1.19. The topological polar surface area (TPSA) is 37.8 Å². The van der Waals surface area contributed by atoms with Crippen molar-refractivity contribution in [2.75, 3.05) is 11.9 Å². The van der Waals surface area contributed by atoms with E-state index in [0.717, 1.165) is 6.54 Å². The minimum atomic E-state index is -0.319. The van der Waals surface area contributed by atoms with Gasteiger partial charge in [-0.2, -0.15) is 0 Å². The fourth-order valence-corrected chi connectivity index (χ4v) is 1.18. The lowest BCUT2D eigenvalue weighted by molar-refractivity contribution is 0.554. The molecule has 0 saturated heterocycles. The van der Waals surface area contributed by atoms with E-state index >= 15 is 0 Å². The molecule has 0 amide bonds. The lowest BCUT2D eigenvalue weighted by Crippen LogP contribution is -2.07. The van der Waals surface area contributed by atoms with Gasteiger partial charge < -0.3 is 5.32 Å². The zero-order valence-corrected chi connectivity index (χ0v) is 8.84. The van der Waals surface area contributed by atoms with Crippen molar-refractivity contribution in [1.29, 1.82) is 0 Å². The zero-order chi connectivity index (χ0) is 10.6. The highest BCUT2D eigenvalue weighted by Crippen LogP contribution is 2.11. The van der Waals surface area contributed by atoms with Gasteiger partial charge in [-0.1, -0.05) is 13.8 Å². The standard InChI is InChI=1S/C10H16FN3/c1-4-12-10-13-6-8(11)9(14-10)5-7(2)3/h6-7H,4-5H2,1-3H3,(H,12,13,14). The summed E-state index contributed by atoms with van der Waals surface area (Å²) in [5, 5.41) is 2.96. The van der Waals surface area contributed by atoms with Gasteiger partial charge in [-0.05, 0) is 19.3 Å². The summed E-state index contributed by atoms with van der Waals surface area (Å²) in [6.45, 7) is 6.77. The van der Waals surface area contributed by atoms with Crippen molar-refractivity contribution in [1.82, 2.24) is 9.97 Å². The molecule has 14 heavy (non-hydrogen) atoms. The molecule has 0 atom stereocenters. The fourth-order valence-electron chi connectivity index (χ4n) is 1.18. The SMILES string of the molecule is CCNc1ncc(F)c(CC(C)C)n1. The van der Waals surface area contributed by atoms with Crippen LogP contribution < -0.4 is 5.32 Å². The van der Waals surface area contributed by atoms with Gasteiger partial charge in [0.05, 0.1) is 11.9 Å². The molecule has 1 aromatic rings. The molecule has 0 aromatic carbocycles. The highest BCUT2D eigenvalue weighted by molar-refractivity contribution is 5.25. The Morgan fingerprint density at radius 1 is 1.50 bits per heavy atom. The summed E-state index contributed by atoms with van der Waals surface area (Å²) < 4.78 is 13.2. The molecule has 0 aliphatic rings. The lowest BCUT2D eigenvalue weighted by atomic mass is 10.1. The zero-order valence-electron chi connectivity index (χ0n) is 8.84. The quantitative estimate of drug-likeness (QED) is 0.804. The molecule has 0 unspecified atom stereocenters. The van der Waals surface area contributed by atoms with E-state index in [2.05, 4.69) is 15.3 Å². The van der Waals surface area contributed by atoms with Gasteiger partial charge in [0, 0.05) is 6.54 Å². The van der Waals surface area contributed by atoms with Crippen LogP contribution in [0, 0.1) is 11.7 Å². The van der Waals surface area contributed by atoms with Gasteiger partial charge in [0.15, 0.2) is 5.82 Å². The number of hydrogen-bond donors (Lipinski definition) is 1. The van der Waals surface area contributed by atoms with Crippen molar-refractivity contribution >= 4 is 5.95 Å². The van der Waals surface area contributed by atoms with Crippen LogP contribution in [0.4, 0.5) is 10.3 Å². The number of nitrogens with zero attached hydrogens (tertiary/aromatic N) is 2. The van der Waals surface area contributed by atoms with E-state index in [0.29, 0.717) is 24.0 Å². The molecule has 4 heteroatoms. The summed E-state index contributed by atoms with van der Waals surface area (Å²) in [6.07, 6.45) is 1.87. The van der Waals surface area contributed by atoms with Gasteiger partial charge in [0.2, 0.25) is 5.95 Å². The summed E-state index contributed by atoms with van der Waals surface area (Å²) >= 11 is 0. The van der Waals surface area contributed by atoms with E-state index < -0.39 is 0 Å². The molecule has 1 heterocycles. The molecule has 0 fully saturated rings. The minimum Gasteiger partial charge on any atom is -0.354 e. The third-order valence-electron chi connectivity index (χ3n) is 1.75. The van der Waals surface area contributed by atoms with Crippen LogP contribution >= 0.6 is 0 Å². The van der Waals surface area contributed by atoms with Crippen molar-refractivity contribution in [2.24, 2.45) is 5.92 Å². The van der Waals surface area contributed by atoms with Crippen molar-refractivity contribution in [3.8, 4) is 0 Å². The molecule has 0 spiro atoms. The summed E-state index contributed by atoms with van der Waals surface area (Å²) in [5.41, 5.74) is 0.492. The Bertz CT molecular complexity index is 299. The molecule has 1 rings (SSSR count). The molecule has 0 radical (unpaired) electrons. The Kier molecular flexibility index (Phi) is 3.80. The number of halogens is 1. The molecule has 1 N–H and O–H groups in total. The summed E-state index contributed by atoms with van der Waals surface area (Å²) in [5.74, 6) is 0.582. The highest BCUT2D eigenvalue weighted by atomic mass is 19.1. The Balaban J connectivity index is 2.84. The molecular weight excluding hydrogens is 181 g/mol.